The van der Waals surface area contributed by atoms with E-state index in [1.807, 2.05) is 6.07 Å². The van der Waals surface area contributed by atoms with Crippen LogP contribution in [0.1, 0.15) is 5.56 Å². The van der Waals surface area contributed by atoms with Gasteiger partial charge in [0.1, 0.15) is 17.5 Å². The van der Waals surface area contributed by atoms with Crippen LogP contribution in [0.3, 0.4) is 0 Å². The second-order valence-electron chi connectivity index (χ2n) is 3.37. The van der Waals surface area contributed by atoms with Crippen LogP contribution in [-0.2, 0) is 0 Å². The van der Waals surface area contributed by atoms with Crippen molar-refractivity contribution in [3.05, 3.63) is 47.7 Å². The zero-order valence-electron chi connectivity index (χ0n) is 9.02. The van der Waals surface area contributed by atoms with Gasteiger partial charge in [-0.15, -0.1) is 0 Å². The Morgan fingerprint density at radius 3 is 2.67 bits per heavy atom. The number of nitriles is 1. The maximum atomic E-state index is 13.0. The van der Waals surface area contributed by atoms with Crippen molar-refractivity contribution in [2.24, 2.45) is 0 Å². The highest BCUT2D eigenvalue weighted by atomic mass is 19.2. The molecule has 6 heteroatoms. The molecule has 0 amide bonds. The molecule has 18 heavy (non-hydrogen) atoms. The molecule has 2 aromatic rings. The number of nitrogens with two attached hydrogens (primary N) is 1. The zero-order valence-corrected chi connectivity index (χ0v) is 9.02. The number of hydrogen-bond acceptors (Lipinski definition) is 4. The van der Waals surface area contributed by atoms with E-state index in [0.717, 1.165) is 12.1 Å². The number of ether oxygens (including phenoxy) is 1. The molecule has 0 atom stereocenters. The Hall–Kier alpha value is -2.68. The standard InChI is InChI=1S/C12H7F2N3O/c13-9-2-1-8(5-10(9)14)18-12-11(16)7(6-15)3-4-17-12/h1-5H,16H2. The van der Waals surface area contributed by atoms with Gasteiger partial charge in [-0.05, 0) is 18.2 Å². The lowest BCUT2D eigenvalue weighted by Gasteiger charge is -2.07. The molecule has 0 fully saturated rings. The number of rotatable bonds is 2. The smallest absolute Gasteiger partial charge is 0.244 e. The number of pyridine rings is 1. The van der Waals surface area contributed by atoms with Crippen molar-refractivity contribution < 1.29 is 13.5 Å². The Bertz CT molecular complexity index is 638. The van der Waals surface area contributed by atoms with Gasteiger partial charge in [-0.2, -0.15) is 5.26 Å². The molecule has 1 aromatic heterocycles. The van der Waals surface area contributed by atoms with E-state index in [9.17, 15) is 8.78 Å². The van der Waals surface area contributed by atoms with Crippen LogP contribution >= 0.6 is 0 Å². The molecular formula is C12H7F2N3O. The average molecular weight is 247 g/mol. The molecule has 0 saturated carbocycles. The summed E-state index contributed by atoms with van der Waals surface area (Å²) >= 11 is 0. The van der Waals surface area contributed by atoms with Gasteiger partial charge < -0.3 is 10.5 Å². The van der Waals surface area contributed by atoms with Crippen LogP contribution in [0.5, 0.6) is 11.6 Å². The van der Waals surface area contributed by atoms with Crippen molar-refractivity contribution in [3.63, 3.8) is 0 Å². The highest BCUT2D eigenvalue weighted by Gasteiger charge is 2.10. The first-order valence-electron chi connectivity index (χ1n) is 4.89. The van der Waals surface area contributed by atoms with E-state index >= 15 is 0 Å². The molecule has 0 aliphatic rings. The van der Waals surface area contributed by atoms with Crippen molar-refractivity contribution in [2.45, 2.75) is 0 Å². The molecule has 4 nitrogen and oxygen atoms in total. The molecule has 0 saturated heterocycles. The highest BCUT2D eigenvalue weighted by Crippen LogP contribution is 2.27. The summed E-state index contributed by atoms with van der Waals surface area (Å²) in [7, 11) is 0. The van der Waals surface area contributed by atoms with Gasteiger partial charge in [0.2, 0.25) is 5.88 Å². The van der Waals surface area contributed by atoms with Crippen LogP contribution < -0.4 is 10.5 Å². The molecule has 2 N–H and O–H groups in total. The van der Waals surface area contributed by atoms with Crippen molar-refractivity contribution in [3.8, 4) is 17.7 Å². The lowest BCUT2D eigenvalue weighted by Crippen LogP contribution is -1.98. The maximum absolute atomic E-state index is 13.0. The van der Waals surface area contributed by atoms with E-state index in [4.69, 9.17) is 15.7 Å². The second-order valence-corrected chi connectivity index (χ2v) is 3.37. The Labute approximate surface area is 101 Å². The van der Waals surface area contributed by atoms with Gasteiger partial charge in [0, 0.05) is 12.3 Å². The van der Waals surface area contributed by atoms with Crippen molar-refractivity contribution >= 4 is 5.69 Å². The van der Waals surface area contributed by atoms with Gasteiger partial charge in [0.05, 0.1) is 5.56 Å². The first kappa shape index (κ1) is 11.8. The lowest BCUT2D eigenvalue weighted by atomic mass is 10.2. The molecule has 0 spiro atoms. The first-order chi connectivity index (χ1) is 8.61. The lowest BCUT2D eigenvalue weighted by molar-refractivity contribution is 0.449. The van der Waals surface area contributed by atoms with Gasteiger partial charge in [-0.1, -0.05) is 0 Å². The third-order valence-electron chi connectivity index (χ3n) is 2.18. The molecule has 0 unspecified atom stereocenters. The summed E-state index contributed by atoms with van der Waals surface area (Å²) < 4.78 is 30.9. The number of anilines is 1. The highest BCUT2D eigenvalue weighted by molar-refractivity contribution is 5.60. The summed E-state index contributed by atoms with van der Waals surface area (Å²) in [5.74, 6) is -2.00. The fourth-order valence-electron chi connectivity index (χ4n) is 1.28. The van der Waals surface area contributed by atoms with Crippen molar-refractivity contribution in [1.82, 2.24) is 4.98 Å². The quantitative estimate of drug-likeness (QED) is 0.885. The van der Waals surface area contributed by atoms with Gasteiger partial charge in [0.25, 0.3) is 0 Å². The number of aromatic nitrogens is 1. The Morgan fingerprint density at radius 1 is 1.22 bits per heavy atom. The van der Waals surface area contributed by atoms with Gasteiger partial charge in [-0.25, -0.2) is 13.8 Å². The summed E-state index contributed by atoms with van der Waals surface area (Å²) in [6.45, 7) is 0. The number of benzene rings is 1. The van der Waals surface area contributed by atoms with Crippen molar-refractivity contribution in [2.75, 3.05) is 5.73 Å². The minimum Gasteiger partial charge on any atom is -0.437 e. The minimum atomic E-state index is -1.04. The summed E-state index contributed by atoms with van der Waals surface area (Å²) in [6, 6.07) is 6.32. The first-order valence-corrected chi connectivity index (χ1v) is 4.89. The van der Waals surface area contributed by atoms with Crippen LogP contribution in [0.2, 0.25) is 0 Å². The van der Waals surface area contributed by atoms with Crippen LogP contribution in [-0.4, -0.2) is 4.98 Å². The fraction of sp³-hybridized carbons (Fsp3) is 0. The number of hydrogen-bond donors (Lipinski definition) is 1. The normalized spacial score (nSPS) is 9.83. The van der Waals surface area contributed by atoms with E-state index in [2.05, 4.69) is 4.98 Å². The monoisotopic (exact) mass is 247 g/mol. The number of halogens is 2. The number of nitrogen functional groups attached to an aromatic ring is 1. The molecular weight excluding hydrogens is 240 g/mol. The summed E-state index contributed by atoms with van der Waals surface area (Å²) in [6.07, 6.45) is 1.34. The zero-order chi connectivity index (χ0) is 13.1. The number of nitrogens with zero attached hydrogens (tertiary/aromatic N) is 2. The minimum absolute atomic E-state index is 0.0277. The van der Waals surface area contributed by atoms with E-state index in [0.29, 0.717) is 0 Å². The molecule has 1 aromatic carbocycles. The second kappa shape index (κ2) is 4.67. The van der Waals surface area contributed by atoms with Gasteiger partial charge >= 0.3 is 0 Å². The topological polar surface area (TPSA) is 71.9 Å². The van der Waals surface area contributed by atoms with E-state index < -0.39 is 11.6 Å². The van der Waals surface area contributed by atoms with Crippen LogP contribution in [0.15, 0.2) is 30.5 Å². The molecule has 90 valence electrons. The Kier molecular flexibility index (Phi) is 3.06. The van der Waals surface area contributed by atoms with Gasteiger partial charge in [0.15, 0.2) is 11.6 Å². The molecule has 0 bridgehead atoms. The molecule has 0 aliphatic heterocycles. The van der Waals surface area contributed by atoms with E-state index in [-0.39, 0.29) is 22.9 Å². The summed E-state index contributed by atoms with van der Waals surface area (Å²) in [4.78, 5) is 3.82. The predicted molar refractivity (Wildman–Crippen MR) is 59.8 cm³/mol. The Morgan fingerprint density at radius 2 is 2.00 bits per heavy atom. The predicted octanol–water partition coefficient (Wildman–Crippen LogP) is 2.61. The van der Waals surface area contributed by atoms with E-state index in [1.54, 1.807) is 0 Å². The SMILES string of the molecule is N#Cc1ccnc(Oc2ccc(F)c(F)c2)c1N. The molecule has 0 radical (unpaired) electrons. The molecule has 1 heterocycles. The van der Waals surface area contributed by atoms with Crippen LogP contribution in [0, 0.1) is 23.0 Å². The van der Waals surface area contributed by atoms with Crippen LogP contribution in [0.25, 0.3) is 0 Å². The summed E-state index contributed by atoms with van der Waals surface area (Å²) in [5, 5.41) is 8.77. The summed E-state index contributed by atoms with van der Waals surface area (Å²) in [5.41, 5.74) is 5.87. The third kappa shape index (κ3) is 2.20. The van der Waals surface area contributed by atoms with Crippen molar-refractivity contribution in [1.29, 1.82) is 5.26 Å². The van der Waals surface area contributed by atoms with Crippen LogP contribution in [0.4, 0.5) is 14.5 Å². The molecule has 2 rings (SSSR count). The van der Waals surface area contributed by atoms with Gasteiger partial charge in [-0.3, -0.25) is 0 Å². The van der Waals surface area contributed by atoms with E-state index in [1.165, 1.54) is 18.3 Å². The molecule has 0 aliphatic carbocycles. The third-order valence-corrected chi connectivity index (χ3v) is 2.18. The average Bonchev–Trinajstić information content (AvgIpc) is 2.36. The fourth-order valence-corrected chi connectivity index (χ4v) is 1.28. The Balaban J connectivity index is 2.35. The largest absolute Gasteiger partial charge is 0.437 e. The maximum Gasteiger partial charge on any atom is 0.244 e.